The number of benzene rings is 2. The molecule has 3 aromatic rings. The Morgan fingerprint density at radius 2 is 1.20 bits per heavy atom. The zero-order valence-corrected chi connectivity index (χ0v) is 14.4. The minimum Gasteiger partial charge on any atom is -0.166 e. The zero-order valence-electron chi connectivity index (χ0n) is 14.4. The molecule has 0 atom stereocenters. The molecule has 4 heteroatoms. The van der Waals surface area contributed by atoms with E-state index < -0.39 is 11.7 Å². The van der Waals surface area contributed by atoms with Crippen molar-refractivity contribution in [2.24, 2.45) is 0 Å². The van der Waals surface area contributed by atoms with Gasteiger partial charge < -0.3 is 0 Å². The summed E-state index contributed by atoms with van der Waals surface area (Å²) in [5.74, 6) is 0. The van der Waals surface area contributed by atoms with E-state index in [1.54, 1.807) is 0 Å². The first-order valence-electron chi connectivity index (χ1n) is 8.04. The van der Waals surface area contributed by atoms with Crippen molar-refractivity contribution in [1.29, 1.82) is 0 Å². The van der Waals surface area contributed by atoms with Crippen molar-refractivity contribution in [2.75, 3.05) is 0 Å². The van der Waals surface area contributed by atoms with Crippen molar-refractivity contribution >= 4 is 0 Å². The van der Waals surface area contributed by atoms with Crippen LogP contribution >= 0.6 is 0 Å². The highest BCUT2D eigenvalue weighted by Gasteiger charge is 2.30. The first kappa shape index (κ1) is 17.2. The van der Waals surface area contributed by atoms with Crippen LogP contribution in [0.3, 0.4) is 0 Å². The summed E-state index contributed by atoms with van der Waals surface area (Å²) in [4.78, 5) is 0. The molecule has 128 valence electrons. The topological polar surface area (TPSA) is 3.88 Å². The van der Waals surface area contributed by atoms with Crippen molar-refractivity contribution in [3.8, 4) is 16.8 Å². The maximum absolute atomic E-state index is 12.7. The molecule has 1 aromatic heterocycles. The first-order chi connectivity index (χ1) is 11.8. The molecule has 0 fully saturated rings. The second kappa shape index (κ2) is 6.36. The van der Waals surface area contributed by atoms with Gasteiger partial charge in [-0.2, -0.15) is 17.7 Å². The fraction of sp³-hybridized carbons (Fsp3) is 0.190. The van der Waals surface area contributed by atoms with Crippen molar-refractivity contribution in [2.45, 2.75) is 26.9 Å². The van der Waals surface area contributed by atoms with Gasteiger partial charge in [-0.1, -0.05) is 29.8 Å². The molecule has 0 bridgehead atoms. The first-order valence-corrected chi connectivity index (χ1v) is 8.04. The van der Waals surface area contributed by atoms with Gasteiger partial charge in [0.25, 0.3) is 0 Å². The Bertz CT molecular complexity index is 869. The average molecular weight is 342 g/mol. The number of pyridine rings is 1. The van der Waals surface area contributed by atoms with Crippen LogP contribution in [0.25, 0.3) is 16.8 Å². The molecule has 0 aliphatic heterocycles. The minimum atomic E-state index is -4.32. The molecule has 0 saturated heterocycles. The predicted octanol–water partition coefficient (Wildman–Crippen LogP) is 5.57. The number of hydrogen-bond acceptors (Lipinski definition) is 0. The van der Waals surface area contributed by atoms with E-state index in [0.29, 0.717) is 0 Å². The molecule has 2 aromatic carbocycles. The second-order valence-corrected chi connectivity index (χ2v) is 6.27. The van der Waals surface area contributed by atoms with Gasteiger partial charge in [-0.05, 0) is 30.2 Å². The van der Waals surface area contributed by atoms with Gasteiger partial charge in [-0.3, -0.25) is 0 Å². The van der Waals surface area contributed by atoms with E-state index in [0.717, 1.165) is 40.3 Å². The van der Waals surface area contributed by atoms with E-state index in [-0.39, 0.29) is 0 Å². The molecule has 25 heavy (non-hydrogen) atoms. The second-order valence-electron chi connectivity index (χ2n) is 6.27. The van der Waals surface area contributed by atoms with Gasteiger partial charge in [0.2, 0.25) is 5.69 Å². The Hall–Kier alpha value is -2.62. The molecule has 0 N–H and O–H groups in total. The Balaban J connectivity index is 2.02. The van der Waals surface area contributed by atoms with Crippen LogP contribution in [0.5, 0.6) is 0 Å². The Morgan fingerprint density at radius 3 is 1.68 bits per heavy atom. The quantitative estimate of drug-likeness (QED) is 0.536. The fourth-order valence-corrected chi connectivity index (χ4v) is 3.02. The van der Waals surface area contributed by atoms with Crippen LogP contribution < -0.4 is 4.57 Å². The summed E-state index contributed by atoms with van der Waals surface area (Å²) in [6, 6.07) is 17.6. The van der Waals surface area contributed by atoms with Crippen molar-refractivity contribution in [3.05, 3.63) is 83.2 Å². The lowest BCUT2D eigenvalue weighted by atomic mass is 10.0. The van der Waals surface area contributed by atoms with Crippen LogP contribution in [-0.2, 0) is 6.18 Å². The molecular formula is C21H19F3N+. The summed E-state index contributed by atoms with van der Waals surface area (Å²) in [5.41, 5.74) is 5.44. The van der Waals surface area contributed by atoms with Gasteiger partial charge in [0.1, 0.15) is 0 Å². The van der Waals surface area contributed by atoms with Gasteiger partial charge in [0.05, 0.1) is 5.56 Å². The summed E-state index contributed by atoms with van der Waals surface area (Å²) in [6.07, 6.45) is -4.32. The lowest BCUT2D eigenvalue weighted by Crippen LogP contribution is -2.37. The number of nitrogens with zero attached hydrogens (tertiary/aromatic N) is 1. The standard InChI is InChI=1S/C21H19F3N/c1-14-4-6-17(7-5-14)18-12-15(2)25(16(3)13-18)20-10-8-19(9-11-20)21(22,23)24/h4-13H,1-3H3/q+1. The van der Waals surface area contributed by atoms with E-state index in [9.17, 15) is 13.2 Å². The maximum Gasteiger partial charge on any atom is 0.416 e. The predicted molar refractivity (Wildman–Crippen MR) is 92.6 cm³/mol. The Morgan fingerprint density at radius 1 is 0.680 bits per heavy atom. The number of aromatic nitrogens is 1. The van der Waals surface area contributed by atoms with Crippen LogP contribution in [0, 0.1) is 20.8 Å². The normalized spacial score (nSPS) is 11.6. The lowest BCUT2D eigenvalue weighted by molar-refractivity contribution is -0.609. The van der Waals surface area contributed by atoms with Gasteiger partial charge in [-0.15, -0.1) is 0 Å². The summed E-state index contributed by atoms with van der Waals surface area (Å²) in [6.45, 7) is 5.97. The molecule has 0 spiro atoms. The van der Waals surface area contributed by atoms with Gasteiger partial charge in [0.15, 0.2) is 11.4 Å². The summed E-state index contributed by atoms with van der Waals surface area (Å²) in [5, 5.41) is 0. The largest absolute Gasteiger partial charge is 0.416 e. The number of hydrogen-bond donors (Lipinski definition) is 0. The van der Waals surface area contributed by atoms with Crippen LogP contribution in [0.15, 0.2) is 60.7 Å². The van der Waals surface area contributed by atoms with Crippen LogP contribution in [-0.4, -0.2) is 0 Å². The van der Waals surface area contributed by atoms with E-state index >= 15 is 0 Å². The van der Waals surface area contributed by atoms with Crippen molar-refractivity contribution in [3.63, 3.8) is 0 Å². The molecule has 0 aliphatic carbocycles. The van der Waals surface area contributed by atoms with E-state index in [2.05, 4.69) is 36.4 Å². The number of aryl methyl sites for hydroxylation is 3. The maximum atomic E-state index is 12.7. The van der Waals surface area contributed by atoms with E-state index in [1.807, 2.05) is 25.3 Å². The molecular weight excluding hydrogens is 323 g/mol. The fourth-order valence-electron chi connectivity index (χ4n) is 3.02. The lowest BCUT2D eigenvalue weighted by Gasteiger charge is -2.09. The molecule has 1 heterocycles. The third-order valence-corrected chi connectivity index (χ3v) is 4.27. The summed E-state index contributed by atoms with van der Waals surface area (Å²) in [7, 11) is 0. The molecule has 1 nitrogen and oxygen atoms in total. The molecule has 0 amide bonds. The smallest absolute Gasteiger partial charge is 0.166 e. The third kappa shape index (κ3) is 3.58. The Labute approximate surface area is 145 Å². The average Bonchev–Trinajstić information content (AvgIpc) is 2.54. The van der Waals surface area contributed by atoms with Gasteiger partial charge >= 0.3 is 6.18 Å². The molecule has 0 saturated carbocycles. The summed E-state index contributed by atoms with van der Waals surface area (Å²) >= 11 is 0. The van der Waals surface area contributed by atoms with Crippen LogP contribution in [0.4, 0.5) is 13.2 Å². The molecule has 3 rings (SSSR count). The van der Waals surface area contributed by atoms with Crippen molar-refractivity contribution in [1.82, 2.24) is 0 Å². The highest BCUT2D eigenvalue weighted by molar-refractivity contribution is 5.63. The van der Waals surface area contributed by atoms with E-state index in [4.69, 9.17) is 0 Å². The van der Waals surface area contributed by atoms with E-state index in [1.165, 1.54) is 17.7 Å². The highest BCUT2D eigenvalue weighted by Crippen LogP contribution is 2.29. The highest BCUT2D eigenvalue weighted by atomic mass is 19.4. The number of halogens is 3. The van der Waals surface area contributed by atoms with Gasteiger partial charge in [0, 0.05) is 38.1 Å². The third-order valence-electron chi connectivity index (χ3n) is 4.27. The minimum absolute atomic E-state index is 0.636. The molecule has 0 aliphatic rings. The zero-order chi connectivity index (χ0) is 18.2. The molecule has 0 unspecified atom stereocenters. The summed E-state index contributed by atoms with van der Waals surface area (Å²) < 4.78 is 40.2. The Kier molecular flexibility index (Phi) is 4.38. The number of rotatable bonds is 2. The monoisotopic (exact) mass is 342 g/mol. The molecule has 0 radical (unpaired) electrons. The van der Waals surface area contributed by atoms with Crippen LogP contribution in [0.1, 0.15) is 22.5 Å². The number of alkyl halides is 3. The van der Waals surface area contributed by atoms with Crippen LogP contribution in [0.2, 0.25) is 0 Å². The van der Waals surface area contributed by atoms with Crippen molar-refractivity contribution < 1.29 is 17.7 Å². The van der Waals surface area contributed by atoms with Gasteiger partial charge in [-0.25, -0.2) is 0 Å². The SMILES string of the molecule is Cc1ccc(-c2cc(C)[n+](-c3ccc(C(F)(F)F)cc3)c(C)c2)cc1.